The fourth-order valence-corrected chi connectivity index (χ4v) is 2.76. The average Bonchev–Trinajstić information content (AvgIpc) is 2.38. The predicted molar refractivity (Wildman–Crippen MR) is 81.0 cm³/mol. The zero-order valence-corrected chi connectivity index (χ0v) is 13.4. The van der Waals surface area contributed by atoms with Crippen molar-refractivity contribution in [2.24, 2.45) is 0 Å². The zero-order chi connectivity index (χ0) is 13.8. The van der Waals surface area contributed by atoms with Crippen molar-refractivity contribution in [2.45, 2.75) is 6.92 Å². The smallest absolute Gasteiger partial charge is 0.338 e. The standard InChI is InChI=1S/C14H11Br2NO2/c1-2-19-14(18)10-5-3-9(4-6-10)11-7-12(15)17-13(16)8-11/h3-8H,2H2,1H3. The Morgan fingerprint density at radius 3 is 2.21 bits per heavy atom. The first-order valence-corrected chi connectivity index (χ1v) is 7.29. The highest BCUT2D eigenvalue weighted by atomic mass is 79.9. The minimum atomic E-state index is -0.300. The van der Waals surface area contributed by atoms with Gasteiger partial charge in [0.2, 0.25) is 0 Å². The third-order valence-corrected chi connectivity index (χ3v) is 3.30. The molecule has 0 radical (unpaired) electrons. The third kappa shape index (κ3) is 3.64. The fraction of sp³-hybridized carbons (Fsp3) is 0.143. The first-order chi connectivity index (χ1) is 9.10. The molecule has 1 heterocycles. The molecule has 2 aromatic rings. The number of rotatable bonds is 3. The first-order valence-electron chi connectivity index (χ1n) is 5.71. The lowest BCUT2D eigenvalue weighted by Gasteiger charge is -2.05. The molecule has 0 aliphatic carbocycles. The Bertz CT molecular complexity index is 577. The van der Waals surface area contributed by atoms with Crippen molar-refractivity contribution in [1.82, 2.24) is 4.98 Å². The first kappa shape index (κ1) is 14.2. The van der Waals surface area contributed by atoms with Crippen LogP contribution in [0.4, 0.5) is 0 Å². The van der Waals surface area contributed by atoms with Gasteiger partial charge in [-0.25, -0.2) is 9.78 Å². The van der Waals surface area contributed by atoms with Crippen molar-refractivity contribution in [3.8, 4) is 11.1 Å². The number of esters is 1. The van der Waals surface area contributed by atoms with Crippen LogP contribution in [-0.2, 0) is 4.74 Å². The molecule has 0 bridgehead atoms. The molecule has 5 heteroatoms. The minimum absolute atomic E-state index is 0.300. The van der Waals surface area contributed by atoms with Gasteiger partial charge in [-0.2, -0.15) is 0 Å². The van der Waals surface area contributed by atoms with E-state index in [4.69, 9.17) is 4.74 Å². The van der Waals surface area contributed by atoms with Crippen LogP contribution in [0.15, 0.2) is 45.6 Å². The van der Waals surface area contributed by atoms with Crippen molar-refractivity contribution in [3.05, 3.63) is 51.2 Å². The minimum Gasteiger partial charge on any atom is -0.462 e. The van der Waals surface area contributed by atoms with Gasteiger partial charge >= 0.3 is 5.97 Å². The van der Waals surface area contributed by atoms with Crippen molar-refractivity contribution >= 4 is 37.8 Å². The Hall–Kier alpha value is -1.20. The molecule has 98 valence electrons. The molecular weight excluding hydrogens is 374 g/mol. The van der Waals surface area contributed by atoms with Crippen LogP contribution in [-0.4, -0.2) is 17.6 Å². The van der Waals surface area contributed by atoms with Crippen LogP contribution >= 0.6 is 31.9 Å². The molecule has 0 spiro atoms. The van der Waals surface area contributed by atoms with Gasteiger partial charge in [-0.1, -0.05) is 12.1 Å². The summed E-state index contributed by atoms with van der Waals surface area (Å²) in [7, 11) is 0. The molecule has 0 saturated carbocycles. The number of pyridine rings is 1. The Balaban J connectivity index is 2.29. The molecule has 1 aromatic heterocycles. The normalized spacial score (nSPS) is 10.3. The molecule has 0 N–H and O–H groups in total. The topological polar surface area (TPSA) is 39.2 Å². The van der Waals surface area contributed by atoms with Gasteiger partial charge in [0.05, 0.1) is 12.2 Å². The van der Waals surface area contributed by atoms with Gasteiger partial charge in [-0.05, 0) is 74.2 Å². The number of ether oxygens (including phenoxy) is 1. The van der Waals surface area contributed by atoms with Crippen LogP contribution in [0.2, 0.25) is 0 Å². The van der Waals surface area contributed by atoms with Gasteiger partial charge in [0.15, 0.2) is 0 Å². The summed E-state index contributed by atoms with van der Waals surface area (Å²) in [5, 5.41) is 0. The van der Waals surface area contributed by atoms with Crippen molar-refractivity contribution < 1.29 is 9.53 Å². The summed E-state index contributed by atoms with van der Waals surface area (Å²) in [4.78, 5) is 15.7. The van der Waals surface area contributed by atoms with Crippen LogP contribution < -0.4 is 0 Å². The van der Waals surface area contributed by atoms with Crippen molar-refractivity contribution in [3.63, 3.8) is 0 Å². The lowest BCUT2D eigenvalue weighted by Crippen LogP contribution is -2.03. The molecular formula is C14H11Br2NO2. The number of aromatic nitrogens is 1. The number of hydrogen-bond donors (Lipinski definition) is 0. The highest BCUT2D eigenvalue weighted by Gasteiger charge is 2.07. The molecule has 0 saturated heterocycles. The van der Waals surface area contributed by atoms with Gasteiger partial charge in [-0.3, -0.25) is 0 Å². The second kappa shape index (κ2) is 6.30. The number of hydrogen-bond acceptors (Lipinski definition) is 3. The van der Waals surface area contributed by atoms with E-state index < -0.39 is 0 Å². The Kier molecular flexibility index (Phi) is 4.71. The van der Waals surface area contributed by atoms with E-state index in [-0.39, 0.29) is 5.97 Å². The highest BCUT2D eigenvalue weighted by Crippen LogP contribution is 2.25. The monoisotopic (exact) mass is 383 g/mol. The van der Waals surface area contributed by atoms with E-state index in [1.807, 2.05) is 24.3 Å². The Labute approximate surface area is 128 Å². The number of halogens is 2. The lowest BCUT2D eigenvalue weighted by molar-refractivity contribution is 0.0526. The SMILES string of the molecule is CCOC(=O)c1ccc(-c2cc(Br)nc(Br)c2)cc1. The van der Waals surface area contributed by atoms with E-state index in [1.54, 1.807) is 19.1 Å². The molecule has 0 aliphatic heterocycles. The summed E-state index contributed by atoms with van der Waals surface area (Å²) >= 11 is 6.71. The van der Waals surface area contributed by atoms with Gasteiger partial charge in [0, 0.05) is 0 Å². The van der Waals surface area contributed by atoms with Crippen LogP contribution in [0, 0.1) is 0 Å². The maximum atomic E-state index is 11.6. The van der Waals surface area contributed by atoms with Crippen LogP contribution in [0.5, 0.6) is 0 Å². The predicted octanol–water partition coefficient (Wildman–Crippen LogP) is 4.45. The lowest BCUT2D eigenvalue weighted by atomic mass is 10.1. The summed E-state index contributed by atoms with van der Waals surface area (Å²) in [6, 6.07) is 11.1. The quantitative estimate of drug-likeness (QED) is 0.579. The molecule has 0 amide bonds. The zero-order valence-electron chi connectivity index (χ0n) is 10.2. The maximum absolute atomic E-state index is 11.6. The summed E-state index contributed by atoms with van der Waals surface area (Å²) in [5.74, 6) is -0.300. The Morgan fingerprint density at radius 1 is 1.11 bits per heavy atom. The average molecular weight is 385 g/mol. The summed E-state index contributed by atoms with van der Waals surface area (Å²) in [6.07, 6.45) is 0. The largest absolute Gasteiger partial charge is 0.462 e. The molecule has 19 heavy (non-hydrogen) atoms. The fourth-order valence-electron chi connectivity index (χ4n) is 1.64. The van der Waals surface area contributed by atoms with E-state index in [0.29, 0.717) is 12.2 Å². The van der Waals surface area contributed by atoms with Crippen LogP contribution in [0.3, 0.4) is 0 Å². The Morgan fingerprint density at radius 2 is 1.68 bits per heavy atom. The summed E-state index contributed by atoms with van der Waals surface area (Å²) in [6.45, 7) is 2.17. The van der Waals surface area contributed by atoms with E-state index in [9.17, 15) is 4.79 Å². The van der Waals surface area contributed by atoms with Crippen molar-refractivity contribution in [2.75, 3.05) is 6.61 Å². The van der Waals surface area contributed by atoms with Gasteiger partial charge in [-0.15, -0.1) is 0 Å². The van der Waals surface area contributed by atoms with Crippen LogP contribution in [0.1, 0.15) is 17.3 Å². The third-order valence-electron chi connectivity index (χ3n) is 2.49. The molecule has 2 rings (SSSR count). The van der Waals surface area contributed by atoms with E-state index in [0.717, 1.165) is 20.3 Å². The van der Waals surface area contributed by atoms with Gasteiger partial charge in [0.1, 0.15) is 9.21 Å². The number of benzene rings is 1. The summed E-state index contributed by atoms with van der Waals surface area (Å²) in [5.41, 5.74) is 2.58. The van der Waals surface area contributed by atoms with Gasteiger partial charge in [0.25, 0.3) is 0 Å². The molecule has 0 atom stereocenters. The second-order valence-electron chi connectivity index (χ2n) is 3.80. The van der Waals surface area contributed by atoms with Crippen LogP contribution in [0.25, 0.3) is 11.1 Å². The molecule has 0 fully saturated rings. The second-order valence-corrected chi connectivity index (χ2v) is 5.42. The van der Waals surface area contributed by atoms with E-state index >= 15 is 0 Å². The molecule has 1 aromatic carbocycles. The number of carbonyl (C=O) groups excluding carboxylic acids is 1. The van der Waals surface area contributed by atoms with E-state index in [2.05, 4.69) is 36.8 Å². The number of nitrogens with zero attached hydrogens (tertiary/aromatic N) is 1. The van der Waals surface area contributed by atoms with Crippen molar-refractivity contribution in [1.29, 1.82) is 0 Å². The molecule has 0 unspecified atom stereocenters. The van der Waals surface area contributed by atoms with Gasteiger partial charge < -0.3 is 4.74 Å². The highest BCUT2D eigenvalue weighted by molar-refractivity contribution is 9.11. The summed E-state index contributed by atoms with van der Waals surface area (Å²) < 4.78 is 6.46. The maximum Gasteiger partial charge on any atom is 0.338 e. The molecule has 3 nitrogen and oxygen atoms in total. The number of carbonyl (C=O) groups is 1. The molecule has 0 aliphatic rings. The van der Waals surface area contributed by atoms with E-state index in [1.165, 1.54) is 0 Å².